The molecule has 176 valence electrons. The van der Waals surface area contributed by atoms with Gasteiger partial charge < -0.3 is 10.2 Å². The normalized spacial score (nSPS) is 21.3. The molecule has 2 amide bonds. The zero-order chi connectivity index (χ0) is 24.7. The van der Waals surface area contributed by atoms with E-state index in [1.54, 1.807) is 37.3 Å². The summed E-state index contributed by atoms with van der Waals surface area (Å²) in [6.45, 7) is 2.10. The van der Waals surface area contributed by atoms with Crippen LogP contribution in [-0.2, 0) is 10.3 Å². The fraction of sp³-hybridized carbons (Fsp3) is 0.231. The van der Waals surface area contributed by atoms with Crippen molar-refractivity contribution in [1.29, 1.82) is 5.41 Å². The number of amides is 2. The predicted molar refractivity (Wildman–Crippen MR) is 131 cm³/mol. The summed E-state index contributed by atoms with van der Waals surface area (Å²) in [5.41, 5.74) is 0.968. The number of hydrogen-bond acceptors (Lipinski definition) is 5. The summed E-state index contributed by atoms with van der Waals surface area (Å²) in [5.74, 6) is 4.17. The van der Waals surface area contributed by atoms with Crippen LogP contribution in [0.3, 0.4) is 0 Å². The topological polar surface area (TPSA) is 89.4 Å². The molecule has 2 aliphatic heterocycles. The molecule has 0 saturated carbocycles. The second kappa shape index (κ2) is 8.64. The van der Waals surface area contributed by atoms with E-state index >= 15 is 0 Å². The molecule has 2 fully saturated rings. The van der Waals surface area contributed by atoms with Crippen LogP contribution in [0.2, 0.25) is 0 Å². The van der Waals surface area contributed by atoms with Crippen molar-refractivity contribution >= 4 is 29.1 Å². The van der Waals surface area contributed by atoms with Gasteiger partial charge in [0, 0.05) is 59.0 Å². The van der Waals surface area contributed by atoms with Crippen LogP contribution in [0.15, 0.2) is 54.9 Å². The van der Waals surface area contributed by atoms with Gasteiger partial charge in [0.05, 0.1) is 5.92 Å². The molecule has 2 aromatic heterocycles. The van der Waals surface area contributed by atoms with Gasteiger partial charge >= 0.3 is 0 Å². The van der Waals surface area contributed by atoms with Gasteiger partial charge in [0.25, 0.3) is 5.91 Å². The number of nitrogens with one attached hydrogen (secondary N) is 2. The van der Waals surface area contributed by atoms with Crippen molar-refractivity contribution in [1.82, 2.24) is 20.1 Å². The van der Waals surface area contributed by atoms with E-state index in [1.807, 2.05) is 18.2 Å². The Hall–Kier alpha value is -4.03. The number of carbonyl (C=O) groups is 2. The molecule has 0 radical (unpaired) electrons. The molecular weight excluding hydrogens is 465 g/mol. The lowest BCUT2D eigenvalue weighted by Gasteiger charge is -2.42. The summed E-state index contributed by atoms with van der Waals surface area (Å²) in [6.07, 6.45) is 3.46. The van der Waals surface area contributed by atoms with Crippen molar-refractivity contribution in [2.45, 2.75) is 12.5 Å². The predicted octanol–water partition coefficient (Wildman–Crippen LogP) is 3.28. The first-order chi connectivity index (χ1) is 16.8. The molecule has 2 saturated heterocycles. The Bertz CT molecular complexity index is 1420. The minimum absolute atomic E-state index is 0.0249. The van der Waals surface area contributed by atoms with Crippen LogP contribution in [-0.4, -0.2) is 52.7 Å². The van der Waals surface area contributed by atoms with Crippen LogP contribution in [0.1, 0.15) is 27.7 Å². The Morgan fingerprint density at radius 1 is 1.29 bits per heavy atom. The number of fused-ring (bicyclic) bond motifs is 1. The molecule has 5 rings (SSSR count). The molecule has 9 heteroatoms. The highest BCUT2D eigenvalue weighted by atomic mass is 32.1. The lowest BCUT2D eigenvalue weighted by atomic mass is 9.83. The van der Waals surface area contributed by atoms with Gasteiger partial charge in [-0.05, 0) is 43.3 Å². The number of likely N-dealkylation sites (tertiary alicyclic amines) is 1. The highest BCUT2D eigenvalue weighted by Crippen LogP contribution is 2.45. The van der Waals surface area contributed by atoms with Crippen molar-refractivity contribution < 1.29 is 14.0 Å². The number of hydrogen-bond donors (Lipinski definition) is 2. The number of carbonyl (C=O) groups excluding carboxylic acids is 2. The summed E-state index contributed by atoms with van der Waals surface area (Å²) in [5, 5.41) is 11.6. The van der Waals surface area contributed by atoms with Crippen molar-refractivity contribution in [3.63, 3.8) is 0 Å². The number of benzene rings is 1. The third kappa shape index (κ3) is 3.86. The van der Waals surface area contributed by atoms with E-state index in [9.17, 15) is 14.0 Å². The van der Waals surface area contributed by atoms with Crippen molar-refractivity contribution in [3.8, 4) is 22.3 Å². The molecule has 2 aliphatic rings. The van der Waals surface area contributed by atoms with Crippen molar-refractivity contribution in [3.05, 3.63) is 76.7 Å². The van der Waals surface area contributed by atoms with Gasteiger partial charge in [-0.3, -0.25) is 24.9 Å². The molecule has 2 atom stereocenters. The number of rotatable bonds is 3. The number of nitrogens with zero attached hydrogens (tertiary/aromatic N) is 3. The second-order valence-corrected chi connectivity index (χ2v) is 9.68. The van der Waals surface area contributed by atoms with Crippen molar-refractivity contribution in [2.75, 3.05) is 20.1 Å². The number of pyridine rings is 1. The van der Waals surface area contributed by atoms with Crippen LogP contribution in [0.5, 0.6) is 0 Å². The zero-order valence-electron chi connectivity index (χ0n) is 19.1. The van der Waals surface area contributed by atoms with Gasteiger partial charge in [0.2, 0.25) is 5.91 Å². The van der Waals surface area contributed by atoms with Crippen LogP contribution in [0.25, 0.3) is 10.4 Å². The van der Waals surface area contributed by atoms with Crippen molar-refractivity contribution in [2.24, 2.45) is 5.92 Å². The molecule has 2 N–H and O–H groups in total. The first-order valence-electron chi connectivity index (χ1n) is 11.0. The summed E-state index contributed by atoms with van der Waals surface area (Å²) in [7, 11) is 1.55. The number of thiophene rings is 1. The van der Waals surface area contributed by atoms with Gasteiger partial charge in [-0.2, -0.15) is 0 Å². The Morgan fingerprint density at radius 3 is 2.89 bits per heavy atom. The minimum Gasteiger partial charge on any atom is -0.343 e. The third-order valence-electron chi connectivity index (χ3n) is 6.44. The molecule has 0 unspecified atom stereocenters. The van der Waals surface area contributed by atoms with Crippen LogP contribution < -0.4 is 5.32 Å². The average Bonchev–Trinajstić information content (AvgIpc) is 3.49. The van der Waals surface area contributed by atoms with E-state index in [2.05, 4.69) is 22.1 Å². The summed E-state index contributed by atoms with van der Waals surface area (Å²) in [6, 6.07) is 11.4. The summed E-state index contributed by atoms with van der Waals surface area (Å²) < 4.78 is 13.8. The molecule has 0 bridgehead atoms. The minimum atomic E-state index is -0.957. The number of guanidine groups is 1. The van der Waals surface area contributed by atoms with E-state index in [-0.39, 0.29) is 36.4 Å². The smallest absolute Gasteiger partial charge is 0.254 e. The van der Waals surface area contributed by atoms with Gasteiger partial charge in [-0.1, -0.05) is 12.0 Å². The molecule has 4 heterocycles. The fourth-order valence-corrected chi connectivity index (χ4v) is 5.88. The summed E-state index contributed by atoms with van der Waals surface area (Å²) in [4.78, 5) is 35.4. The lowest BCUT2D eigenvalue weighted by Crippen LogP contribution is -2.64. The fourth-order valence-electron chi connectivity index (χ4n) is 4.70. The van der Waals surface area contributed by atoms with Gasteiger partial charge in [0.1, 0.15) is 11.4 Å². The Labute approximate surface area is 206 Å². The molecule has 0 aliphatic carbocycles. The van der Waals surface area contributed by atoms with E-state index in [0.717, 1.165) is 20.9 Å². The van der Waals surface area contributed by atoms with Gasteiger partial charge in [-0.15, -0.1) is 17.3 Å². The Kier molecular flexibility index (Phi) is 5.61. The molecule has 35 heavy (non-hydrogen) atoms. The highest BCUT2D eigenvalue weighted by molar-refractivity contribution is 7.15. The molecular formula is C26H22FN5O2S. The van der Waals surface area contributed by atoms with E-state index < -0.39 is 17.3 Å². The maximum absolute atomic E-state index is 13.8. The molecule has 1 aromatic carbocycles. The lowest BCUT2D eigenvalue weighted by molar-refractivity contribution is -0.134. The quantitative estimate of drug-likeness (QED) is 0.555. The van der Waals surface area contributed by atoms with E-state index in [1.165, 1.54) is 34.4 Å². The van der Waals surface area contributed by atoms with Crippen LogP contribution in [0, 0.1) is 29.0 Å². The highest BCUT2D eigenvalue weighted by Gasteiger charge is 2.57. The number of aromatic nitrogens is 1. The molecule has 0 spiro atoms. The third-order valence-corrected chi connectivity index (χ3v) is 7.75. The van der Waals surface area contributed by atoms with Crippen LogP contribution in [0.4, 0.5) is 4.39 Å². The van der Waals surface area contributed by atoms with Crippen LogP contribution >= 0.6 is 11.3 Å². The standard InChI is InChI=1S/C26H22FN5O2S/c1-3-5-16-10-18(13-29-12-16)21-8-9-22(35-21)26-15-32(23(33)17-6-4-7-19(27)11-17)14-20(26)24(34)31(2)25(28)30-26/h4,6-13,20H,14-15H2,1-2H3,(H2,28,30)/t20-,26-/m0/s1. The van der Waals surface area contributed by atoms with Gasteiger partial charge in [-0.25, -0.2) is 4.39 Å². The Morgan fingerprint density at radius 2 is 2.11 bits per heavy atom. The average molecular weight is 488 g/mol. The largest absolute Gasteiger partial charge is 0.343 e. The maximum atomic E-state index is 13.8. The van der Waals surface area contributed by atoms with E-state index in [4.69, 9.17) is 5.41 Å². The maximum Gasteiger partial charge on any atom is 0.254 e. The number of halogens is 1. The monoisotopic (exact) mass is 487 g/mol. The SMILES string of the molecule is CC#Cc1cncc(-c2ccc([C@]34CN(C(=O)c5cccc(F)c5)C[C@H]3C(=O)N(C)C(=N)N4)s2)c1. The molecule has 7 nitrogen and oxygen atoms in total. The second-order valence-electron chi connectivity index (χ2n) is 8.59. The van der Waals surface area contributed by atoms with E-state index in [0.29, 0.717) is 0 Å². The first kappa shape index (κ1) is 22.7. The molecule has 3 aromatic rings. The van der Waals surface area contributed by atoms with Gasteiger partial charge in [0.15, 0.2) is 5.96 Å². The first-order valence-corrected chi connectivity index (χ1v) is 11.8. The Balaban J connectivity index is 1.54. The zero-order valence-corrected chi connectivity index (χ0v) is 19.9. The summed E-state index contributed by atoms with van der Waals surface area (Å²) >= 11 is 1.49.